The Labute approximate surface area is 84.4 Å². The Morgan fingerprint density at radius 3 is 2.69 bits per heavy atom. The summed E-state index contributed by atoms with van der Waals surface area (Å²) in [5.41, 5.74) is 2.80. The highest BCUT2D eigenvalue weighted by Gasteiger charge is 2.00. The summed E-state index contributed by atoms with van der Waals surface area (Å²) in [7, 11) is 1.33. The largest absolute Gasteiger partial charge is 0.143 e. The molecule has 2 aromatic rings. The molecule has 13 heavy (non-hydrogen) atoms. The molecule has 2 heteroatoms. The topological polar surface area (TPSA) is 0 Å². The minimum atomic E-state index is 1.33. The Morgan fingerprint density at radius 2 is 2.08 bits per heavy atom. The second-order valence-corrected chi connectivity index (χ2v) is 5.08. The number of thiophene rings is 1. The fourth-order valence-electron chi connectivity index (χ4n) is 1.18. The molecule has 0 radical (unpaired) electrons. The smallest absolute Gasteiger partial charge is 0.0388 e. The molecule has 0 amide bonds. The van der Waals surface area contributed by atoms with Crippen molar-refractivity contribution in [1.29, 1.82) is 0 Å². The van der Waals surface area contributed by atoms with E-state index in [0.717, 1.165) is 0 Å². The summed E-state index contributed by atoms with van der Waals surface area (Å²) < 4.78 is 0. The normalized spacial score (nSPS) is 10.9. The minimum Gasteiger partial charge on any atom is -0.143 e. The predicted octanol–water partition coefficient (Wildman–Crippen LogP) is 4.61. The molecule has 2 aromatic heterocycles. The third-order valence-electron chi connectivity index (χ3n) is 2.15. The standard InChI is InChI=1S/C11H11PS/c1-8-6-10(12-7-9(8)2)11-4-3-5-13-11/h3-7H,1-2H3. The van der Waals surface area contributed by atoms with Crippen LogP contribution >= 0.6 is 19.5 Å². The van der Waals surface area contributed by atoms with Crippen molar-refractivity contribution in [3.05, 3.63) is 40.5 Å². The molecule has 0 aliphatic heterocycles. The molecule has 0 nitrogen and oxygen atoms in total. The fraction of sp³-hybridized carbons (Fsp3) is 0.182. The molecule has 0 aromatic carbocycles. The van der Waals surface area contributed by atoms with Gasteiger partial charge in [-0.3, -0.25) is 0 Å². The first-order valence-corrected chi connectivity index (χ1v) is 6.09. The van der Waals surface area contributed by atoms with Crippen molar-refractivity contribution in [1.82, 2.24) is 0 Å². The lowest BCUT2D eigenvalue weighted by atomic mass is 10.2. The maximum Gasteiger partial charge on any atom is 0.0388 e. The van der Waals surface area contributed by atoms with Crippen LogP contribution in [-0.4, -0.2) is 0 Å². The third-order valence-corrected chi connectivity index (χ3v) is 4.37. The summed E-state index contributed by atoms with van der Waals surface area (Å²) in [5, 5.41) is 3.56. The molecule has 0 saturated heterocycles. The molecule has 0 unspecified atom stereocenters. The maximum atomic E-state index is 2.29. The lowest BCUT2D eigenvalue weighted by Crippen LogP contribution is -1.77. The summed E-state index contributed by atoms with van der Waals surface area (Å²) in [4.78, 5) is 1.39. The zero-order valence-electron chi connectivity index (χ0n) is 7.74. The van der Waals surface area contributed by atoms with Crippen LogP contribution in [0.5, 0.6) is 0 Å². The van der Waals surface area contributed by atoms with Gasteiger partial charge >= 0.3 is 0 Å². The molecule has 0 spiro atoms. The van der Waals surface area contributed by atoms with E-state index in [2.05, 4.69) is 43.2 Å². The zero-order valence-corrected chi connectivity index (χ0v) is 9.45. The summed E-state index contributed by atoms with van der Waals surface area (Å²) in [6.07, 6.45) is 0. The van der Waals surface area contributed by atoms with Gasteiger partial charge in [0.15, 0.2) is 0 Å². The van der Waals surface area contributed by atoms with Crippen LogP contribution in [0.4, 0.5) is 0 Å². The Morgan fingerprint density at radius 1 is 1.23 bits per heavy atom. The summed E-state index contributed by atoms with van der Waals surface area (Å²) in [6.45, 7) is 4.35. The molecule has 0 bridgehead atoms. The predicted molar refractivity (Wildman–Crippen MR) is 61.7 cm³/mol. The van der Waals surface area contributed by atoms with Crippen LogP contribution in [0.15, 0.2) is 29.4 Å². The van der Waals surface area contributed by atoms with Crippen LogP contribution < -0.4 is 0 Å². The molecule has 0 aliphatic rings. The molecule has 0 fully saturated rings. The minimum absolute atomic E-state index is 1.33. The van der Waals surface area contributed by atoms with E-state index in [1.54, 1.807) is 0 Å². The molecular formula is C11H11PS. The molecule has 0 N–H and O–H groups in total. The van der Waals surface area contributed by atoms with Crippen LogP contribution in [0.1, 0.15) is 11.1 Å². The summed E-state index contributed by atoms with van der Waals surface area (Å²) in [6, 6.07) is 6.59. The number of hydrogen-bond acceptors (Lipinski definition) is 1. The number of hydrogen-bond donors (Lipinski definition) is 0. The second-order valence-electron chi connectivity index (χ2n) is 3.13. The first-order valence-electron chi connectivity index (χ1n) is 4.24. The molecule has 2 heterocycles. The quantitative estimate of drug-likeness (QED) is 0.639. The van der Waals surface area contributed by atoms with Gasteiger partial charge in [-0.1, -0.05) is 14.3 Å². The second kappa shape index (κ2) is 3.61. The molecular weight excluding hydrogens is 195 g/mol. The van der Waals surface area contributed by atoms with Crippen LogP contribution in [0.3, 0.4) is 0 Å². The zero-order chi connectivity index (χ0) is 9.26. The van der Waals surface area contributed by atoms with Crippen LogP contribution in [0.25, 0.3) is 10.2 Å². The van der Waals surface area contributed by atoms with E-state index in [-0.39, 0.29) is 0 Å². The van der Waals surface area contributed by atoms with Gasteiger partial charge in [0, 0.05) is 10.2 Å². The van der Waals surface area contributed by atoms with Gasteiger partial charge < -0.3 is 0 Å². The van der Waals surface area contributed by atoms with Gasteiger partial charge in [-0.25, -0.2) is 0 Å². The molecule has 66 valence electrons. The Kier molecular flexibility index (Phi) is 2.48. The van der Waals surface area contributed by atoms with Gasteiger partial charge in [0.25, 0.3) is 0 Å². The highest BCUT2D eigenvalue weighted by molar-refractivity contribution is 7.34. The van der Waals surface area contributed by atoms with Crippen molar-refractivity contribution in [2.45, 2.75) is 13.8 Å². The highest BCUT2D eigenvalue weighted by Crippen LogP contribution is 2.33. The van der Waals surface area contributed by atoms with E-state index in [1.807, 2.05) is 11.3 Å². The Balaban J connectivity index is 2.49. The van der Waals surface area contributed by atoms with E-state index < -0.39 is 0 Å². The lowest BCUT2D eigenvalue weighted by molar-refractivity contribution is 1.38. The lowest BCUT2D eigenvalue weighted by Gasteiger charge is -2.01. The van der Waals surface area contributed by atoms with Crippen molar-refractivity contribution in [3.8, 4) is 10.2 Å². The molecule has 0 aliphatic carbocycles. The fourth-order valence-corrected chi connectivity index (χ4v) is 3.15. The highest BCUT2D eigenvalue weighted by atomic mass is 32.1. The van der Waals surface area contributed by atoms with Gasteiger partial charge in [-0.05, 0) is 48.3 Å². The SMILES string of the molecule is Cc1cpc(-c2cccs2)cc1C. The first-order chi connectivity index (χ1) is 6.27. The van der Waals surface area contributed by atoms with Gasteiger partial charge in [-0.15, -0.1) is 11.3 Å². The van der Waals surface area contributed by atoms with E-state index >= 15 is 0 Å². The third kappa shape index (κ3) is 1.82. The van der Waals surface area contributed by atoms with E-state index in [0.29, 0.717) is 0 Å². The average Bonchev–Trinajstić information content (AvgIpc) is 2.62. The van der Waals surface area contributed by atoms with Crippen molar-refractivity contribution >= 4 is 19.5 Å². The Hall–Kier alpha value is -0.650. The van der Waals surface area contributed by atoms with Gasteiger partial charge in [0.05, 0.1) is 0 Å². The monoisotopic (exact) mass is 206 g/mol. The van der Waals surface area contributed by atoms with Gasteiger partial charge in [-0.2, -0.15) is 0 Å². The molecule has 0 saturated carbocycles. The van der Waals surface area contributed by atoms with E-state index in [1.165, 1.54) is 29.5 Å². The van der Waals surface area contributed by atoms with Gasteiger partial charge in [0.1, 0.15) is 0 Å². The van der Waals surface area contributed by atoms with Gasteiger partial charge in [0.2, 0.25) is 0 Å². The maximum absolute atomic E-state index is 2.29. The van der Waals surface area contributed by atoms with E-state index in [4.69, 9.17) is 0 Å². The van der Waals surface area contributed by atoms with Crippen LogP contribution in [-0.2, 0) is 0 Å². The number of rotatable bonds is 1. The summed E-state index contributed by atoms with van der Waals surface area (Å²) >= 11 is 1.81. The summed E-state index contributed by atoms with van der Waals surface area (Å²) in [5.74, 6) is 2.28. The van der Waals surface area contributed by atoms with E-state index in [9.17, 15) is 0 Å². The molecule has 0 atom stereocenters. The van der Waals surface area contributed by atoms with Crippen molar-refractivity contribution in [3.63, 3.8) is 0 Å². The van der Waals surface area contributed by atoms with Crippen molar-refractivity contribution < 1.29 is 0 Å². The Bertz CT molecular complexity index is 404. The average molecular weight is 206 g/mol. The number of aryl methyl sites for hydroxylation is 2. The van der Waals surface area contributed by atoms with Crippen LogP contribution in [0.2, 0.25) is 0 Å². The first kappa shape index (κ1) is 8.93. The van der Waals surface area contributed by atoms with Crippen molar-refractivity contribution in [2.24, 2.45) is 0 Å². The van der Waals surface area contributed by atoms with Crippen LogP contribution in [0, 0.1) is 13.8 Å². The van der Waals surface area contributed by atoms with Crippen molar-refractivity contribution in [2.75, 3.05) is 0 Å². The molecule has 2 rings (SSSR count).